The van der Waals surface area contributed by atoms with Crippen molar-refractivity contribution in [2.45, 2.75) is 20.0 Å². The van der Waals surface area contributed by atoms with E-state index in [1.54, 1.807) is 0 Å². The second-order valence-corrected chi connectivity index (χ2v) is 4.57. The second-order valence-electron chi connectivity index (χ2n) is 4.13. The Hall–Kier alpha value is -1.13. The fourth-order valence-corrected chi connectivity index (χ4v) is 1.50. The van der Waals surface area contributed by atoms with E-state index in [1.807, 2.05) is 0 Å². The first-order valence-corrected chi connectivity index (χ1v) is 5.00. The van der Waals surface area contributed by atoms with Crippen molar-refractivity contribution in [3.05, 3.63) is 34.6 Å². The number of aliphatic carboxylic acids is 1. The maximum Gasteiger partial charge on any atom is 0.312 e. The predicted octanol–water partition coefficient (Wildman–Crippen LogP) is 2.62. The van der Waals surface area contributed by atoms with Crippen LogP contribution in [-0.2, 0) is 4.79 Å². The first-order valence-electron chi connectivity index (χ1n) is 4.62. The first kappa shape index (κ1) is 12.9. The molecule has 0 bridgehead atoms. The quantitative estimate of drug-likeness (QED) is 0.862. The Morgan fingerprint density at radius 1 is 1.44 bits per heavy atom. The van der Waals surface area contributed by atoms with Crippen LogP contribution in [0.2, 0.25) is 5.02 Å². The number of rotatable bonds is 3. The lowest BCUT2D eigenvalue weighted by molar-refractivity contribution is -0.153. The summed E-state index contributed by atoms with van der Waals surface area (Å²) in [7, 11) is 0. The van der Waals surface area contributed by atoms with Crippen molar-refractivity contribution in [2.24, 2.45) is 5.41 Å². The molecule has 0 saturated carbocycles. The van der Waals surface area contributed by atoms with E-state index in [-0.39, 0.29) is 10.6 Å². The van der Waals surface area contributed by atoms with E-state index < -0.39 is 23.3 Å². The number of carboxylic acids is 1. The molecule has 0 aliphatic carbocycles. The average Bonchev–Trinajstić information content (AvgIpc) is 2.14. The summed E-state index contributed by atoms with van der Waals surface area (Å²) in [5.74, 6) is -1.77. The molecule has 2 N–H and O–H groups in total. The molecule has 16 heavy (non-hydrogen) atoms. The number of carboxylic acid groups (broad SMARTS) is 1. The van der Waals surface area contributed by atoms with Crippen molar-refractivity contribution in [1.82, 2.24) is 0 Å². The molecule has 0 radical (unpaired) electrons. The summed E-state index contributed by atoms with van der Waals surface area (Å²) in [5, 5.41) is 18.9. The van der Waals surface area contributed by atoms with E-state index in [0.717, 1.165) is 12.1 Å². The minimum atomic E-state index is -1.41. The lowest BCUT2D eigenvalue weighted by atomic mass is 9.83. The van der Waals surface area contributed by atoms with Gasteiger partial charge in [-0.2, -0.15) is 0 Å². The highest BCUT2D eigenvalue weighted by molar-refractivity contribution is 6.30. The molecule has 1 atom stereocenters. The highest BCUT2D eigenvalue weighted by Crippen LogP contribution is 2.34. The van der Waals surface area contributed by atoms with Crippen LogP contribution in [0, 0.1) is 11.2 Å². The van der Waals surface area contributed by atoms with Crippen LogP contribution in [0.3, 0.4) is 0 Å². The van der Waals surface area contributed by atoms with Crippen molar-refractivity contribution < 1.29 is 19.4 Å². The molecule has 1 unspecified atom stereocenters. The van der Waals surface area contributed by atoms with Gasteiger partial charge in [-0.25, -0.2) is 4.39 Å². The molecule has 3 nitrogen and oxygen atoms in total. The Balaban J connectivity index is 3.14. The van der Waals surface area contributed by atoms with Crippen LogP contribution in [-0.4, -0.2) is 16.2 Å². The summed E-state index contributed by atoms with van der Waals surface area (Å²) in [6.45, 7) is 2.72. The molecule has 5 heteroatoms. The van der Waals surface area contributed by atoms with Crippen LogP contribution in [0.4, 0.5) is 4.39 Å². The standard InChI is InChI=1S/C11H12ClFO3/c1-11(2,10(15)16)9(14)6-3-7(12)5-8(13)4-6/h3-5,9,14H,1-2H3,(H,15,16). The van der Waals surface area contributed by atoms with Gasteiger partial charge >= 0.3 is 5.97 Å². The highest BCUT2D eigenvalue weighted by atomic mass is 35.5. The zero-order valence-electron chi connectivity index (χ0n) is 8.87. The third kappa shape index (κ3) is 2.51. The SMILES string of the molecule is CC(C)(C(=O)O)C(O)c1cc(F)cc(Cl)c1. The van der Waals surface area contributed by atoms with Gasteiger partial charge in [-0.15, -0.1) is 0 Å². The maximum atomic E-state index is 13.0. The number of hydrogen-bond donors (Lipinski definition) is 2. The molecule has 0 amide bonds. The number of hydrogen-bond acceptors (Lipinski definition) is 2. The molecule has 0 aliphatic rings. The van der Waals surface area contributed by atoms with Gasteiger partial charge in [0.1, 0.15) is 5.82 Å². The van der Waals surface area contributed by atoms with Crippen molar-refractivity contribution in [3.8, 4) is 0 Å². The number of aliphatic hydroxyl groups excluding tert-OH is 1. The smallest absolute Gasteiger partial charge is 0.312 e. The molecule has 0 heterocycles. The molecule has 1 aromatic carbocycles. The van der Waals surface area contributed by atoms with E-state index in [1.165, 1.54) is 19.9 Å². The van der Waals surface area contributed by atoms with Gasteiger partial charge in [-0.3, -0.25) is 4.79 Å². The molecular formula is C11H12ClFO3. The third-order valence-corrected chi connectivity index (χ3v) is 2.65. The lowest BCUT2D eigenvalue weighted by Crippen LogP contribution is -2.31. The molecule has 0 saturated heterocycles. The number of benzene rings is 1. The molecule has 0 spiro atoms. The molecular weight excluding hydrogens is 235 g/mol. The van der Waals surface area contributed by atoms with Crippen LogP contribution in [0.15, 0.2) is 18.2 Å². The van der Waals surface area contributed by atoms with Crippen LogP contribution in [0.1, 0.15) is 25.5 Å². The fraction of sp³-hybridized carbons (Fsp3) is 0.364. The van der Waals surface area contributed by atoms with E-state index in [9.17, 15) is 14.3 Å². The minimum Gasteiger partial charge on any atom is -0.481 e. The average molecular weight is 247 g/mol. The van der Waals surface area contributed by atoms with Crippen LogP contribution in [0.25, 0.3) is 0 Å². The zero-order valence-corrected chi connectivity index (χ0v) is 9.62. The number of aliphatic hydroxyl groups is 1. The number of carbonyl (C=O) groups is 1. The van der Waals surface area contributed by atoms with Gasteiger partial charge in [0.2, 0.25) is 0 Å². The van der Waals surface area contributed by atoms with Gasteiger partial charge in [0.15, 0.2) is 0 Å². The predicted molar refractivity (Wildman–Crippen MR) is 57.8 cm³/mol. The summed E-state index contributed by atoms with van der Waals surface area (Å²) in [6, 6.07) is 3.51. The Morgan fingerprint density at radius 3 is 2.44 bits per heavy atom. The Morgan fingerprint density at radius 2 is 2.00 bits per heavy atom. The summed E-state index contributed by atoms with van der Waals surface area (Å²) in [4.78, 5) is 10.9. The summed E-state index contributed by atoms with van der Waals surface area (Å²) >= 11 is 5.63. The topological polar surface area (TPSA) is 57.5 Å². The van der Waals surface area contributed by atoms with Gasteiger partial charge in [0.25, 0.3) is 0 Å². The zero-order chi connectivity index (χ0) is 12.5. The normalized spacial score (nSPS) is 13.6. The molecule has 1 rings (SSSR count). The van der Waals surface area contributed by atoms with Gasteiger partial charge in [-0.05, 0) is 37.6 Å². The van der Waals surface area contributed by atoms with Crippen LogP contribution >= 0.6 is 11.6 Å². The highest BCUT2D eigenvalue weighted by Gasteiger charge is 2.37. The third-order valence-electron chi connectivity index (χ3n) is 2.44. The molecule has 0 aromatic heterocycles. The molecule has 0 aliphatic heterocycles. The van der Waals surface area contributed by atoms with E-state index >= 15 is 0 Å². The van der Waals surface area contributed by atoms with Gasteiger partial charge < -0.3 is 10.2 Å². The van der Waals surface area contributed by atoms with E-state index in [0.29, 0.717) is 0 Å². The second kappa shape index (κ2) is 4.39. The summed E-state index contributed by atoms with van der Waals surface area (Å²) in [6.07, 6.45) is -1.32. The van der Waals surface area contributed by atoms with Gasteiger partial charge in [0, 0.05) is 5.02 Å². The van der Waals surface area contributed by atoms with Crippen molar-refractivity contribution in [3.63, 3.8) is 0 Å². The van der Waals surface area contributed by atoms with E-state index in [2.05, 4.69) is 0 Å². The summed E-state index contributed by atoms with van der Waals surface area (Å²) in [5.41, 5.74) is -1.26. The monoisotopic (exact) mass is 246 g/mol. The molecule has 1 aromatic rings. The van der Waals surface area contributed by atoms with Crippen molar-refractivity contribution in [2.75, 3.05) is 0 Å². The summed E-state index contributed by atoms with van der Waals surface area (Å²) < 4.78 is 13.0. The number of halogens is 2. The minimum absolute atomic E-state index is 0.121. The Kier molecular flexibility index (Phi) is 3.55. The Labute approximate surface area is 97.5 Å². The van der Waals surface area contributed by atoms with E-state index in [4.69, 9.17) is 16.7 Å². The molecule has 0 fully saturated rings. The lowest BCUT2D eigenvalue weighted by Gasteiger charge is -2.26. The fourth-order valence-electron chi connectivity index (χ4n) is 1.27. The maximum absolute atomic E-state index is 13.0. The van der Waals surface area contributed by atoms with Gasteiger partial charge in [0.05, 0.1) is 11.5 Å². The van der Waals surface area contributed by atoms with Crippen molar-refractivity contribution in [1.29, 1.82) is 0 Å². The van der Waals surface area contributed by atoms with Crippen LogP contribution in [0.5, 0.6) is 0 Å². The van der Waals surface area contributed by atoms with Crippen LogP contribution < -0.4 is 0 Å². The van der Waals surface area contributed by atoms with Gasteiger partial charge in [-0.1, -0.05) is 11.6 Å². The Bertz CT molecular complexity index is 397. The largest absolute Gasteiger partial charge is 0.481 e. The molecule has 88 valence electrons. The first-order chi connectivity index (χ1) is 7.25. The van der Waals surface area contributed by atoms with Crippen molar-refractivity contribution >= 4 is 17.6 Å².